The van der Waals surface area contributed by atoms with Crippen molar-refractivity contribution in [2.75, 3.05) is 56.9 Å². The third-order valence-electron chi connectivity index (χ3n) is 8.36. The summed E-state index contributed by atoms with van der Waals surface area (Å²) >= 11 is 0. The zero-order chi connectivity index (χ0) is 33.9. The highest BCUT2D eigenvalue weighted by Crippen LogP contribution is 2.45. The average molecular weight is 659 g/mol. The number of nitrogens with zero attached hydrogens (tertiary/aromatic N) is 5. The van der Waals surface area contributed by atoms with E-state index in [4.69, 9.17) is 34.6 Å². The second-order valence-electron chi connectivity index (χ2n) is 11.3. The maximum atomic E-state index is 13.9. The predicted molar refractivity (Wildman–Crippen MR) is 165 cm³/mol. The third kappa shape index (κ3) is 6.95. The van der Waals surface area contributed by atoms with E-state index < -0.39 is 35.4 Å². The van der Waals surface area contributed by atoms with Crippen LogP contribution in [0.3, 0.4) is 0 Å². The topological polar surface area (TPSA) is 142 Å². The molecule has 2 aliphatic heterocycles. The van der Waals surface area contributed by atoms with E-state index >= 15 is 0 Å². The Bertz CT molecular complexity index is 1630. The Morgan fingerprint density at radius 2 is 1.83 bits per heavy atom. The molecule has 5 rings (SSSR count). The number of aromatic nitrogens is 3. The molecule has 12 nitrogen and oxygen atoms in total. The van der Waals surface area contributed by atoms with E-state index in [0.717, 1.165) is 19.2 Å². The number of fused-ring (bicyclic) bond motifs is 1. The zero-order valence-electron chi connectivity index (χ0n) is 26.6. The Balaban J connectivity index is 1.66. The van der Waals surface area contributed by atoms with Crippen LogP contribution in [-0.2, 0) is 26.8 Å². The number of ether oxygens (including phenoxy) is 4. The van der Waals surface area contributed by atoms with Crippen molar-refractivity contribution in [2.24, 2.45) is 5.73 Å². The Morgan fingerprint density at radius 1 is 1.09 bits per heavy atom. The number of hydrogen-bond donors (Lipinski definition) is 1. The first-order valence-corrected chi connectivity index (χ1v) is 15.2. The maximum absolute atomic E-state index is 13.9. The summed E-state index contributed by atoms with van der Waals surface area (Å²) in [5, 5.41) is 0. The van der Waals surface area contributed by atoms with Gasteiger partial charge in [0.25, 0.3) is 0 Å². The molecule has 2 N–H and O–H groups in total. The van der Waals surface area contributed by atoms with Gasteiger partial charge in [-0.25, -0.2) is 24.5 Å². The molecule has 252 valence electrons. The fourth-order valence-electron chi connectivity index (χ4n) is 5.95. The van der Waals surface area contributed by atoms with Gasteiger partial charge in [-0.15, -0.1) is 0 Å². The summed E-state index contributed by atoms with van der Waals surface area (Å²) in [7, 11) is 2.58. The Kier molecular flexibility index (Phi) is 9.86. The molecule has 2 aromatic heterocycles. The van der Waals surface area contributed by atoms with Crippen LogP contribution in [0.2, 0.25) is 0 Å². The number of methoxy groups -OCH3 is 2. The fourth-order valence-corrected chi connectivity index (χ4v) is 5.95. The summed E-state index contributed by atoms with van der Waals surface area (Å²) in [5.74, 6) is -0.910. The number of esters is 1. The third-order valence-corrected chi connectivity index (χ3v) is 8.36. The Labute approximate surface area is 270 Å². The number of carbonyl (C=O) groups excluding carboxylic acids is 2. The van der Waals surface area contributed by atoms with Crippen molar-refractivity contribution < 1.29 is 41.7 Å². The largest absolute Gasteiger partial charge is 0.481 e. The van der Waals surface area contributed by atoms with Gasteiger partial charge in [-0.05, 0) is 49.6 Å². The smallest absolute Gasteiger partial charge is 0.416 e. The molecule has 2 atom stereocenters. The van der Waals surface area contributed by atoms with Crippen LogP contribution >= 0.6 is 0 Å². The quantitative estimate of drug-likeness (QED) is 0.337. The Morgan fingerprint density at radius 3 is 2.47 bits per heavy atom. The molecule has 1 aromatic carbocycles. The lowest BCUT2D eigenvalue weighted by Crippen LogP contribution is -2.61. The second-order valence-corrected chi connectivity index (χ2v) is 11.3. The van der Waals surface area contributed by atoms with Crippen molar-refractivity contribution in [1.29, 1.82) is 0 Å². The number of halogens is 3. The molecule has 0 spiro atoms. The van der Waals surface area contributed by atoms with E-state index in [9.17, 15) is 22.8 Å². The molecule has 1 amide bonds. The number of carbonyl (C=O) groups is 2. The number of hydrogen-bond acceptors (Lipinski definition) is 11. The van der Waals surface area contributed by atoms with Crippen LogP contribution in [0.5, 0.6) is 5.88 Å². The number of nitrogens with two attached hydrogens (primary N) is 1. The number of alkyl halides is 3. The van der Waals surface area contributed by atoms with Crippen molar-refractivity contribution in [3.8, 4) is 5.88 Å². The SMILES string of the molecule is CCOC(=O)N1c2ccc(OC)nc2[C@@H](c2ncc(N3CCOCC3)c(Cc3cc(C(=O)OC)cc(C(F)(F)F)c3)n2)C[C@@]1(N)CC. The molecule has 0 aliphatic carbocycles. The maximum Gasteiger partial charge on any atom is 0.416 e. The van der Waals surface area contributed by atoms with Crippen molar-refractivity contribution in [1.82, 2.24) is 15.0 Å². The van der Waals surface area contributed by atoms with E-state index in [1.54, 1.807) is 25.3 Å². The molecular weight excluding hydrogens is 621 g/mol. The standard InChI is InChI=1S/C32H37F3N6O6/c1-5-31(36)17-22(27-24(7-8-26(39-27)44-3)41(31)30(43)47-6-2)28-37-18-25(40-9-11-46-12-10-40)23(38-28)15-19-13-20(29(42)45-4)16-21(14-19)32(33,34)35/h7-8,13-14,16,18,22H,5-6,9-12,15,17,36H2,1-4H3/t22-,31+/m0/s1. The Hall–Kier alpha value is -4.50. The van der Waals surface area contributed by atoms with E-state index in [1.165, 1.54) is 18.1 Å². The fraction of sp³-hybridized carbons (Fsp3) is 0.469. The first-order chi connectivity index (χ1) is 22.4. The number of amides is 1. The van der Waals surface area contributed by atoms with Gasteiger partial charge >= 0.3 is 18.2 Å². The number of rotatable bonds is 8. The summed E-state index contributed by atoms with van der Waals surface area (Å²) in [6.45, 7) is 5.64. The summed E-state index contributed by atoms with van der Waals surface area (Å²) in [4.78, 5) is 43.3. The second kappa shape index (κ2) is 13.7. The van der Waals surface area contributed by atoms with E-state index in [2.05, 4.69) is 4.98 Å². The van der Waals surface area contributed by atoms with E-state index in [1.807, 2.05) is 11.8 Å². The summed E-state index contributed by atoms with van der Waals surface area (Å²) < 4.78 is 62.7. The summed E-state index contributed by atoms with van der Waals surface area (Å²) in [5.41, 5.74) is 6.59. The molecule has 0 saturated carbocycles. The molecule has 2 aliphatic rings. The van der Waals surface area contributed by atoms with Gasteiger partial charge < -0.3 is 29.6 Å². The van der Waals surface area contributed by atoms with Gasteiger partial charge in [0.1, 0.15) is 11.5 Å². The van der Waals surface area contributed by atoms with Crippen molar-refractivity contribution >= 4 is 23.4 Å². The number of morpholine rings is 1. The molecule has 1 fully saturated rings. The van der Waals surface area contributed by atoms with Gasteiger partial charge in [-0.2, -0.15) is 13.2 Å². The highest BCUT2D eigenvalue weighted by Gasteiger charge is 2.47. The van der Waals surface area contributed by atoms with Crippen LogP contribution in [0.4, 0.5) is 29.3 Å². The van der Waals surface area contributed by atoms with E-state index in [-0.39, 0.29) is 30.6 Å². The van der Waals surface area contributed by atoms with Gasteiger partial charge in [-0.3, -0.25) is 4.90 Å². The van der Waals surface area contributed by atoms with Crippen LogP contribution < -0.4 is 20.3 Å². The van der Waals surface area contributed by atoms with Gasteiger partial charge in [0.05, 0.1) is 80.0 Å². The van der Waals surface area contributed by atoms with Crippen LogP contribution in [-0.4, -0.2) is 79.8 Å². The van der Waals surface area contributed by atoms with Crippen LogP contribution in [0.1, 0.15) is 71.3 Å². The van der Waals surface area contributed by atoms with Crippen LogP contribution in [0, 0.1) is 0 Å². The minimum absolute atomic E-state index is 0.0578. The molecule has 0 bridgehead atoms. The van der Waals surface area contributed by atoms with Gasteiger partial charge in [0.15, 0.2) is 0 Å². The number of benzene rings is 1. The molecule has 4 heterocycles. The average Bonchev–Trinajstić information content (AvgIpc) is 3.07. The van der Waals surface area contributed by atoms with Gasteiger partial charge in [0, 0.05) is 25.6 Å². The lowest BCUT2D eigenvalue weighted by atomic mass is 9.83. The van der Waals surface area contributed by atoms with Gasteiger partial charge in [-0.1, -0.05) is 6.92 Å². The van der Waals surface area contributed by atoms with Crippen molar-refractivity contribution in [3.63, 3.8) is 0 Å². The lowest BCUT2D eigenvalue weighted by Gasteiger charge is -2.46. The molecule has 47 heavy (non-hydrogen) atoms. The molecule has 0 radical (unpaired) electrons. The molecule has 1 saturated heterocycles. The molecular formula is C32H37F3N6O6. The van der Waals surface area contributed by atoms with Crippen LogP contribution in [0.25, 0.3) is 0 Å². The first kappa shape index (κ1) is 33.9. The molecule has 0 unspecified atom stereocenters. The number of anilines is 2. The zero-order valence-corrected chi connectivity index (χ0v) is 26.6. The summed E-state index contributed by atoms with van der Waals surface area (Å²) in [6, 6.07) is 6.43. The predicted octanol–water partition coefficient (Wildman–Crippen LogP) is 4.68. The highest BCUT2D eigenvalue weighted by atomic mass is 19.4. The van der Waals surface area contributed by atoms with E-state index in [0.29, 0.717) is 67.2 Å². The lowest BCUT2D eigenvalue weighted by molar-refractivity contribution is -0.137. The van der Waals surface area contributed by atoms with Gasteiger partial charge in [0.2, 0.25) is 5.88 Å². The first-order valence-electron chi connectivity index (χ1n) is 15.2. The highest BCUT2D eigenvalue weighted by molar-refractivity contribution is 5.91. The van der Waals surface area contributed by atoms with Crippen molar-refractivity contribution in [3.05, 3.63) is 70.4 Å². The monoisotopic (exact) mass is 658 g/mol. The molecule has 3 aromatic rings. The van der Waals surface area contributed by atoms with Crippen LogP contribution in [0.15, 0.2) is 36.5 Å². The summed E-state index contributed by atoms with van der Waals surface area (Å²) in [6.07, 6.45) is -3.22. The minimum atomic E-state index is -4.70. The van der Waals surface area contributed by atoms with Crippen molar-refractivity contribution in [2.45, 2.75) is 50.9 Å². The number of pyridine rings is 1. The molecule has 15 heteroatoms. The minimum Gasteiger partial charge on any atom is -0.481 e. The normalized spacial score (nSPS) is 19.6.